The van der Waals surface area contributed by atoms with Crippen LogP contribution >= 0.6 is 0 Å². The number of imide groups is 1. The van der Waals surface area contributed by atoms with Crippen molar-refractivity contribution in [3.63, 3.8) is 0 Å². The highest BCUT2D eigenvalue weighted by atomic mass is 16.5. The molecule has 2 rings (SSSR count). The molecule has 0 bridgehead atoms. The molecular formula is C13H15N3O4. The standard InChI is InChI=1S/C13H15N3O4/c1-7-8(13(19)20-2)3-5-10(14-7)15-9-4-6-11(17)16-12(9)18/h3,5,9H,4,6H2,1-2H3,(H,14,15)(H,16,17,18). The fourth-order valence-electron chi connectivity index (χ4n) is 1.98. The zero-order valence-electron chi connectivity index (χ0n) is 11.2. The van der Waals surface area contributed by atoms with Crippen LogP contribution in [0.3, 0.4) is 0 Å². The molecule has 2 N–H and O–H groups in total. The number of ether oxygens (including phenoxy) is 1. The molecule has 1 atom stereocenters. The lowest BCUT2D eigenvalue weighted by molar-refractivity contribution is -0.133. The van der Waals surface area contributed by atoms with Gasteiger partial charge in [0.2, 0.25) is 11.8 Å². The molecule has 7 heteroatoms. The maximum Gasteiger partial charge on any atom is 0.339 e. The molecule has 2 heterocycles. The number of hydrogen-bond donors (Lipinski definition) is 2. The van der Waals surface area contributed by atoms with Gasteiger partial charge in [0.1, 0.15) is 11.9 Å². The molecule has 0 saturated carbocycles. The van der Waals surface area contributed by atoms with Crippen molar-refractivity contribution < 1.29 is 19.1 Å². The number of amides is 2. The molecule has 7 nitrogen and oxygen atoms in total. The SMILES string of the molecule is COC(=O)c1ccc(NC2CCC(=O)NC2=O)nc1C. The monoisotopic (exact) mass is 277 g/mol. The predicted molar refractivity (Wildman–Crippen MR) is 70.1 cm³/mol. The molecule has 1 saturated heterocycles. The number of hydrogen-bond acceptors (Lipinski definition) is 6. The highest BCUT2D eigenvalue weighted by molar-refractivity contribution is 6.01. The average Bonchev–Trinajstić information content (AvgIpc) is 2.41. The summed E-state index contributed by atoms with van der Waals surface area (Å²) in [4.78, 5) is 38.3. The number of piperidine rings is 1. The molecule has 0 spiro atoms. The van der Waals surface area contributed by atoms with Gasteiger partial charge >= 0.3 is 5.97 Å². The van der Waals surface area contributed by atoms with Crippen LogP contribution in [0.2, 0.25) is 0 Å². The largest absolute Gasteiger partial charge is 0.465 e. The molecule has 2 amide bonds. The van der Waals surface area contributed by atoms with Crippen LogP contribution in [0.25, 0.3) is 0 Å². The number of carbonyl (C=O) groups excluding carboxylic acids is 3. The minimum Gasteiger partial charge on any atom is -0.465 e. The summed E-state index contributed by atoms with van der Waals surface area (Å²) in [5.41, 5.74) is 0.885. The summed E-state index contributed by atoms with van der Waals surface area (Å²) in [7, 11) is 1.30. The topological polar surface area (TPSA) is 97.4 Å². The molecule has 106 valence electrons. The third kappa shape index (κ3) is 2.93. The Bertz CT molecular complexity index is 571. The van der Waals surface area contributed by atoms with E-state index in [1.54, 1.807) is 19.1 Å². The summed E-state index contributed by atoms with van der Waals surface area (Å²) >= 11 is 0. The number of nitrogens with one attached hydrogen (secondary N) is 2. The Balaban J connectivity index is 2.11. The quantitative estimate of drug-likeness (QED) is 0.613. The molecule has 20 heavy (non-hydrogen) atoms. The van der Waals surface area contributed by atoms with Gasteiger partial charge < -0.3 is 10.1 Å². The van der Waals surface area contributed by atoms with Crippen LogP contribution in [0, 0.1) is 6.92 Å². The normalized spacial score (nSPS) is 18.4. The molecule has 0 radical (unpaired) electrons. The molecule has 0 aromatic carbocycles. The highest BCUT2D eigenvalue weighted by Gasteiger charge is 2.26. The van der Waals surface area contributed by atoms with Crippen molar-refractivity contribution in [2.75, 3.05) is 12.4 Å². The number of nitrogens with zero attached hydrogens (tertiary/aromatic N) is 1. The number of aryl methyl sites for hydroxylation is 1. The van der Waals surface area contributed by atoms with Gasteiger partial charge in [-0.1, -0.05) is 0 Å². The predicted octanol–water partition coefficient (Wildman–Crippen LogP) is 0.394. The van der Waals surface area contributed by atoms with Crippen LogP contribution < -0.4 is 10.6 Å². The first-order valence-electron chi connectivity index (χ1n) is 6.17. The van der Waals surface area contributed by atoms with Crippen molar-refractivity contribution in [3.8, 4) is 0 Å². The lowest BCUT2D eigenvalue weighted by Gasteiger charge is -2.22. The van der Waals surface area contributed by atoms with Crippen LogP contribution in [-0.4, -0.2) is 35.9 Å². The summed E-state index contributed by atoms with van der Waals surface area (Å²) in [5.74, 6) is -0.608. The van der Waals surface area contributed by atoms with Gasteiger partial charge in [0, 0.05) is 6.42 Å². The summed E-state index contributed by atoms with van der Waals surface area (Å²) in [6.07, 6.45) is 0.715. The van der Waals surface area contributed by atoms with Gasteiger partial charge in [-0.3, -0.25) is 14.9 Å². The average molecular weight is 277 g/mol. The molecule has 1 aliphatic heterocycles. The maximum atomic E-state index is 11.6. The number of esters is 1. The first-order chi connectivity index (χ1) is 9.51. The summed E-state index contributed by atoms with van der Waals surface area (Å²) < 4.78 is 4.63. The van der Waals surface area contributed by atoms with Crippen molar-refractivity contribution in [1.82, 2.24) is 10.3 Å². The summed E-state index contributed by atoms with van der Waals surface area (Å²) in [6.45, 7) is 1.68. The van der Waals surface area contributed by atoms with Crippen molar-refractivity contribution in [2.24, 2.45) is 0 Å². The Kier molecular flexibility index (Phi) is 3.97. The lowest BCUT2D eigenvalue weighted by atomic mass is 10.1. The summed E-state index contributed by atoms with van der Waals surface area (Å²) in [6, 6.07) is 2.69. The van der Waals surface area contributed by atoms with Gasteiger partial charge in [0.25, 0.3) is 0 Å². The number of carbonyl (C=O) groups is 3. The van der Waals surface area contributed by atoms with Crippen molar-refractivity contribution in [2.45, 2.75) is 25.8 Å². The van der Waals surface area contributed by atoms with E-state index in [1.807, 2.05) is 0 Å². The van der Waals surface area contributed by atoms with Crippen LogP contribution in [-0.2, 0) is 14.3 Å². The van der Waals surface area contributed by atoms with Gasteiger partial charge in [0.15, 0.2) is 0 Å². The molecule has 1 unspecified atom stereocenters. The highest BCUT2D eigenvalue weighted by Crippen LogP contribution is 2.15. The number of aromatic nitrogens is 1. The van der Waals surface area contributed by atoms with E-state index in [-0.39, 0.29) is 11.8 Å². The summed E-state index contributed by atoms with van der Waals surface area (Å²) in [5, 5.41) is 5.21. The van der Waals surface area contributed by atoms with E-state index in [0.29, 0.717) is 29.9 Å². The van der Waals surface area contributed by atoms with Gasteiger partial charge in [-0.25, -0.2) is 9.78 Å². The zero-order chi connectivity index (χ0) is 14.7. The molecule has 1 aromatic heterocycles. The second-order valence-electron chi connectivity index (χ2n) is 4.47. The molecule has 1 fully saturated rings. The number of anilines is 1. The van der Waals surface area contributed by atoms with Crippen LogP contribution in [0.4, 0.5) is 5.82 Å². The minimum atomic E-state index is -0.497. The van der Waals surface area contributed by atoms with E-state index in [0.717, 1.165) is 0 Å². The Hall–Kier alpha value is -2.44. The zero-order valence-corrected chi connectivity index (χ0v) is 11.2. The smallest absolute Gasteiger partial charge is 0.339 e. The van der Waals surface area contributed by atoms with E-state index in [2.05, 4.69) is 20.4 Å². The van der Waals surface area contributed by atoms with Gasteiger partial charge in [0.05, 0.1) is 18.4 Å². The van der Waals surface area contributed by atoms with Gasteiger partial charge in [-0.15, -0.1) is 0 Å². The van der Waals surface area contributed by atoms with Gasteiger partial charge in [-0.2, -0.15) is 0 Å². The van der Waals surface area contributed by atoms with E-state index in [9.17, 15) is 14.4 Å². The van der Waals surface area contributed by atoms with Crippen molar-refractivity contribution >= 4 is 23.6 Å². The molecule has 1 aliphatic rings. The van der Waals surface area contributed by atoms with Crippen molar-refractivity contribution in [1.29, 1.82) is 0 Å². The fraction of sp³-hybridized carbons (Fsp3) is 0.385. The molecule has 0 aliphatic carbocycles. The second kappa shape index (κ2) is 5.68. The Labute approximate surface area is 115 Å². The van der Waals surface area contributed by atoms with Gasteiger partial charge in [-0.05, 0) is 25.5 Å². The maximum absolute atomic E-state index is 11.6. The Morgan fingerprint density at radius 1 is 1.45 bits per heavy atom. The van der Waals surface area contributed by atoms with E-state index in [4.69, 9.17) is 0 Å². The second-order valence-corrected chi connectivity index (χ2v) is 4.47. The number of pyridine rings is 1. The van der Waals surface area contributed by atoms with Crippen LogP contribution in [0.1, 0.15) is 28.9 Å². The number of rotatable bonds is 3. The molecule has 1 aromatic rings. The molecular weight excluding hydrogens is 262 g/mol. The fourth-order valence-corrected chi connectivity index (χ4v) is 1.98. The lowest BCUT2D eigenvalue weighted by Crippen LogP contribution is -2.47. The number of methoxy groups -OCH3 is 1. The third-order valence-electron chi connectivity index (χ3n) is 3.05. The third-order valence-corrected chi connectivity index (χ3v) is 3.05. The first-order valence-corrected chi connectivity index (χ1v) is 6.17. The Morgan fingerprint density at radius 3 is 2.80 bits per heavy atom. The van der Waals surface area contributed by atoms with Crippen molar-refractivity contribution in [3.05, 3.63) is 23.4 Å². The van der Waals surface area contributed by atoms with E-state index in [1.165, 1.54) is 7.11 Å². The van der Waals surface area contributed by atoms with E-state index >= 15 is 0 Å². The van der Waals surface area contributed by atoms with E-state index < -0.39 is 12.0 Å². The van der Waals surface area contributed by atoms with Crippen LogP contribution in [0.15, 0.2) is 12.1 Å². The van der Waals surface area contributed by atoms with Crippen LogP contribution in [0.5, 0.6) is 0 Å². The Morgan fingerprint density at radius 2 is 2.20 bits per heavy atom. The first kappa shape index (κ1) is 14.0. The minimum absolute atomic E-state index is 0.266.